The summed E-state index contributed by atoms with van der Waals surface area (Å²) in [7, 11) is -5.27. The van der Waals surface area contributed by atoms with Crippen LogP contribution >= 0.6 is 7.82 Å². The zero-order valence-corrected chi connectivity index (χ0v) is 56.3. The lowest BCUT2D eigenvalue weighted by atomic mass is 9.92. The first-order chi connectivity index (χ1) is 42.7. The summed E-state index contributed by atoms with van der Waals surface area (Å²) in [6.07, 6.45) is 35.6. The average molecular weight is 1280 g/mol. The number of hydrogen-bond donors (Lipinski definition) is 7. The van der Waals surface area contributed by atoms with Crippen molar-refractivity contribution in [2.24, 2.45) is 0 Å². The second-order valence-electron chi connectivity index (χ2n) is 25.0. The molecular weight excluding hydrogens is 1150 g/mol. The maximum absolute atomic E-state index is 13.6. The maximum atomic E-state index is 13.6. The van der Waals surface area contributed by atoms with Crippen LogP contribution in [0.3, 0.4) is 0 Å². The summed E-state index contributed by atoms with van der Waals surface area (Å²) in [5.41, 5.74) is 0. The Hall–Kier alpha value is -2.39. The van der Waals surface area contributed by atoms with Gasteiger partial charge in [-0.25, -0.2) is 9.36 Å². The molecule has 2 heterocycles. The fourth-order valence-electron chi connectivity index (χ4n) is 11.9. The number of carboxylic acid groups (broad SMARTS) is 1. The number of nitrogens with one attached hydrogen (secondary N) is 2. The highest BCUT2D eigenvalue weighted by molar-refractivity contribution is 7.46. The smallest absolute Gasteiger partial charge is 0.470 e. The number of phosphoric acid groups is 1. The summed E-state index contributed by atoms with van der Waals surface area (Å²) in [5.74, 6) is -2.48. The topological polar surface area (TPSA) is 275 Å². The SMILES string of the molecule is CCCCCC/C=C\CCCCCCOC(CCCCCCCCCCC)CCO[C@H]1[C@H](OP(=O)(O)O)[C@@H](CO)OC(OC[C@H]2O[C@H](C(=O)O)[C@H](NC(=O)CC(=O)CCCCCCCCCCC)[C@@H](OCCCCCCCCCCCC)[C@@H]2O)[C@@H]1NC=O. The molecule has 516 valence electrons. The minimum Gasteiger partial charge on any atom is -0.479 e. The lowest BCUT2D eigenvalue weighted by Crippen LogP contribution is -2.68. The summed E-state index contributed by atoms with van der Waals surface area (Å²) in [6.45, 7) is 8.10. The highest BCUT2D eigenvalue weighted by atomic mass is 31.2. The number of ketones is 1. The summed E-state index contributed by atoms with van der Waals surface area (Å²) in [4.78, 5) is 72.3. The lowest BCUT2D eigenvalue weighted by molar-refractivity contribution is -0.289. The van der Waals surface area contributed by atoms with Gasteiger partial charge >= 0.3 is 13.8 Å². The molecule has 2 saturated heterocycles. The van der Waals surface area contributed by atoms with E-state index < -0.39 is 100 Å². The number of ether oxygens (including phenoxy) is 6. The van der Waals surface area contributed by atoms with Gasteiger partial charge in [-0.05, 0) is 57.8 Å². The second kappa shape index (κ2) is 54.0. The predicted molar refractivity (Wildman–Crippen MR) is 346 cm³/mol. The van der Waals surface area contributed by atoms with Crippen molar-refractivity contribution in [1.82, 2.24) is 10.6 Å². The first kappa shape index (κ1) is 81.7. The van der Waals surface area contributed by atoms with Crippen LogP contribution in [-0.4, -0.2) is 149 Å². The number of rotatable bonds is 61. The lowest BCUT2D eigenvalue weighted by Gasteiger charge is -2.46. The van der Waals surface area contributed by atoms with Gasteiger partial charge in [0.05, 0.1) is 31.8 Å². The fourth-order valence-corrected chi connectivity index (χ4v) is 12.5. The van der Waals surface area contributed by atoms with E-state index in [2.05, 4.69) is 50.5 Å². The van der Waals surface area contributed by atoms with Crippen molar-refractivity contribution < 1.29 is 81.8 Å². The van der Waals surface area contributed by atoms with Gasteiger partial charge in [0.1, 0.15) is 48.4 Å². The van der Waals surface area contributed by atoms with Gasteiger partial charge in [-0.2, -0.15) is 0 Å². The van der Waals surface area contributed by atoms with E-state index in [0.717, 1.165) is 116 Å². The molecule has 0 aromatic rings. The van der Waals surface area contributed by atoms with Crippen molar-refractivity contribution in [2.45, 2.75) is 365 Å². The van der Waals surface area contributed by atoms with Crippen molar-refractivity contribution >= 4 is 31.9 Å². The fraction of sp³-hybridized carbons (Fsp3) is 0.912. The number of aliphatic hydroxyl groups excluding tert-OH is 2. The van der Waals surface area contributed by atoms with Crippen LogP contribution in [0.5, 0.6) is 0 Å². The number of phosphoric ester groups is 1. The molecule has 2 rings (SSSR count). The van der Waals surface area contributed by atoms with Crippen LogP contribution in [0, 0.1) is 0 Å². The molecule has 0 spiro atoms. The van der Waals surface area contributed by atoms with E-state index in [4.69, 9.17) is 32.9 Å². The van der Waals surface area contributed by atoms with E-state index >= 15 is 0 Å². The molecule has 0 aromatic carbocycles. The zero-order valence-electron chi connectivity index (χ0n) is 55.4. The number of allylic oxidation sites excluding steroid dienone is 2. The molecule has 88 heavy (non-hydrogen) atoms. The van der Waals surface area contributed by atoms with Crippen molar-refractivity contribution in [1.29, 1.82) is 0 Å². The van der Waals surface area contributed by atoms with E-state index in [9.17, 15) is 48.8 Å². The molecule has 0 saturated carbocycles. The maximum Gasteiger partial charge on any atom is 0.470 e. The van der Waals surface area contributed by atoms with E-state index in [0.29, 0.717) is 32.3 Å². The number of aliphatic carboxylic acids is 1. The van der Waals surface area contributed by atoms with Crippen LogP contribution in [0.15, 0.2) is 12.2 Å². The van der Waals surface area contributed by atoms with E-state index in [-0.39, 0.29) is 31.5 Å². The molecule has 20 heteroatoms. The van der Waals surface area contributed by atoms with Crippen molar-refractivity contribution in [3.63, 3.8) is 0 Å². The molecule has 19 nitrogen and oxygen atoms in total. The third-order valence-electron chi connectivity index (χ3n) is 17.2. The van der Waals surface area contributed by atoms with Crippen LogP contribution in [0.2, 0.25) is 0 Å². The number of carboxylic acids is 1. The summed E-state index contributed by atoms with van der Waals surface area (Å²) >= 11 is 0. The number of Topliss-reactive ketones (excluding diaryl/α,β-unsaturated/α-hetero) is 1. The third-order valence-corrected chi connectivity index (χ3v) is 17.7. The van der Waals surface area contributed by atoms with Gasteiger partial charge in [0, 0.05) is 26.2 Å². The summed E-state index contributed by atoms with van der Waals surface area (Å²) < 4.78 is 55.3. The Morgan fingerprint density at radius 3 is 1.53 bits per heavy atom. The van der Waals surface area contributed by atoms with Crippen LogP contribution < -0.4 is 10.6 Å². The molecule has 0 bridgehead atoms. The minimum absolute atomic E-state index is 0.00122. The first-order valence-electron chi connectivity index (χ1n) is 35.4. The Balaban J connectivity index is 2.27. The molecule has 11 atom stereocenters. The number of unbranched alkanes of at least 4 members (excludes halogenated alkanes) is 33. The zero-order chi connectivity index (χ0) is 64.3. The molecule has 2 fully saturated rings. The molecule has 0 radical (unpaired) electrons. The van der Waals surface area contributed by atoms with E-state index in [1.165, 1.54) is 122 Å². The van der Waals surface area contributed by atoms with Crippen LogP contribution in [0.4, 0.5) is 0 Å². The Kier molecular flexibility index (Phi) is 50.2. The second-order valence-corrected chi connectivity index (χ2v) is 26.2. The van der Waals surface area contributed by atoms with Gasteiger partial charge in [-0.3, -0.25) is 18.9 Å². The number of carbonyl (C=O) groups is 4. The normalized spacial score (nSPS) is 22.7. The quantitative estimate of drug-likeness (QED) is 0.00980. The Morgan fingerprint density at radius 1 is 0.545 bits per heavy atom. The molecule has 0 aromatic heterocycles. The van der Waals surface area contributed by atoms with Crippen molar-refractivity contribution in [3.8, 4) is 0 Å². The molecule has 2 aliphatic rings. The minimum atomic E-state index is -5.27. The Bertz CT molecular complexity index is 1790. The van der Waals surface area contributed by atoms with Gasteiger partial charge in [0.25, 0.3) is 0 Å². The van der Waals surface area contributed by atoms with Crippen LogP contribution in [0.25, 0.3) is 0 Å². The largest absolute Gasteiger partial charge is 0.479 e. The predicted octanol–water partition coefficient (Wildman–Crippen LogP) is 13.8. The number of amides is 2. The van der Waals surface area contributed by atoms with Crippen LogP contribution in [-0.2, 0) is 56.7 Å². The third kappa shape index (κ3) is 39.2. The molecule has 2 unspecified atom stereocenters. The standard InChI is InChI=1S/C68H127N2O17P/c1-5-9-13-17-21-25-27-28-32-35-39-43-48-81-56(46-42-38-34-30-24-20-16-12-8-4)47-50-83-65-61(69-54-72)68(86-57(52-71)63(65)87-88(78,79)80)84-53-58-62(75)64(82-49-44-40-36-31-26-22-18-14-10-6-2)60(66(85-58)67(76)77)70-59(74)51-55(73)45-41-37-33-29-23-19-15-11-7-3/h25,27,54,56-58,60-66,68,71,75H,5-24,26,28-53H2,1-4H3,(H,69,72)(H,70,74)(H,76,77)(H2,78,79,80)/b27-25-/t56?,57-,58-,60-,61-,62-,63-,64-,65-,66+,68?/m1/s1. The molecule has 2 aliphatic heterocycles. The molecule has 2 amide bonds. The van der Waals surface area contributed by atoms with Crippen molar-refractivity contribution in [3.05, 3.63) is 12.2 Å². The van der Waals surface area contributed by atoms with Gasteiger partial charge in [0.15, 0.2) is 12.4 Å². The Labute approximate surface area is 532 Å². The Morgan fingerprint density at radius 2 is 1.02 bits per heavy atom. The average Bonchev–Trinajstić information content (AvgIpc) is 0.909. The van der Waals surface area contributed by atoms with Gasteiger partial charge in [-0.1, -0.05) is 239 Å². The van der Waals surface area contributed by atoms with Gasteiger partial charge < -0.3 is 64.2 Å². The number of aliphatic hydroxyl groups is 2. The highest BCUT2D eigenvalue weighted by Crippen LogP contribution is 2.42. The molecule has 7 N–H and O–H groups in total. The van der Waals surface area contributed by atoms with Crippen LogP contribution in [0.1, 0.15) is 297 Å². The molecule has 0 aliphatic carbocycles. The summed E-state index contributed by atoms with van der Waals surface area (Å²) in [5, 5.41) is 38.6. The number of hydrogen-bond acceptors (Lipinski definition) is 14. The number of carbonyl (C=O) groups excluding carboxylic acids is 3. The summed E-state index contributed by atoms with van der Waals surface area (Å²) in [6, 6.07) is -2.74. The molecular formula is C68H127N2O17P. The van der Waals surface area contributed by atoms with E-state index in [1.54, 1.807) is 0 Å². The first-order valence-corrected chi connectivity index (χ1v) is 37.0. The van der Waals surface area contributed by atoms with Gasteiger partial charge in [-0.15, -0.1) is 0 Å². The monoisotopic (exact) mass is 1270 g/mol. The highest BCUT2D eigenvalue weighted by Gasteiger charge is 2.53. The van der Waals surface area contributed by atoms with Gasteiger partial charge in [0.2, 0.25) is 12.3 Å². The van der Waals surface area contributed by atoms with Crippen molar-refractivity contribution in [2.75, 3.05) is 33.0 Å². The van der Waals surface area contributed by atoms with E-state index in [1.807, 2.05) is 0 Å².